The number of fused-ring (bicyclic) bond motifs is 1. The highest BCUT2D eigenvalue weighted by molar-refractivity contribution is 8.14. The third kappa shape index (κ3) is 19.8. The molecular formula is C61H65N13O12S4. The van der Waals surface area contributed by atoms with E-state index in [1.807, 2.05) is 31.3 Å². The van der Waals surface area contributed by atoms with Crippen molar-refractivity contribution in [1.29, 1.82) is 0 Å². The van der Waals surface area contributed by atoms with E-state index in [1.54, 1.807) is 87.8 Å². The van der Waals surface area contributed by atoms with Crippen LogP contribution in [0.25, 0.3) is 22.8 Å². The number of aromatic amines is 2. The third-order valence-corrected chi connectivity index (χ3v) is 16.6. The number of phenolic OH excluding ortho intramolecular Hbond substituents is 2. The molecule has 0 radical (unpaired) electrons. The van der Waals surface area contributed by atoms with Gasteiger partial charge in [-0.2, -0.15) is 10.2 Å². The number of aromatic nitrogens is 6. The number of benzene rings is 5. The van der Waals surface area contributed by atoms with Crippen molar-refractivity contribution in [1.82, 2.24) is 35.7 Å². The molecule has 3 aliphatic heterocycles. The van der Waals surface area contributed by atoms with E-state index in [4.69, 9.17) is 24.1 Å². The first-order chi connectivity index (χ1) is 43.2. The highest BCUT2D eigenvalue weighted by Gasteiger charge is 2.22. The second-order valence-electron chi connectivity index (χ2n) is 19.5. The predicted molar refractivity (Wildman–Crippen MR) is 353 cm³/mol. The van der Waals surface area contributed by atoms with Gasteiger partial charge >= 0.3 is 0 Å². The highest BCUT2D eigenvalue weighted by Crippen LogP contribution is 2.40. The largest absolute Gasteiger partial charge is 0.512 e. The standard InChI is InChI=1S/C21H20N4O3S.C14H16N4O2S.C13H15N3O4S.C13H14N2O3S/c1-13(26)12-29-19-11-18(24-25-19)14-5-3-6-15(9-14)21(28)23-17-8-4-7-16(10-17)20(27)22-2;1-9(19)8-21-14-15-13(16-17-14)10-3-4-11-12(7-10)20-6-5-18(11)2;1-7(17)6-21-13-14-12(15-16-13)8-4-9(18)11(20-3)10(5-8)19-2;1-8(16)7-19-13-6-11(14-15-13)10-4-3-9(18-2)5-12(10)17/h3-10H,11-12H2,1-2H3,(H,22,27)(H,23,28);3-4,7H,5-6,8H2,1-2H3,(H,15,16,17);4-5,18H,6H2,1-3H3,(H,14,15,16);3-5,16-17H,1,6-7H2,2H3. The van der Waals surface area contributed by atoms with Crippen molar-refractivity contribution in [3.05, 3.63) is 132 Å². The summed E-state index contributed by atoms with van der Waals surface area (Å²) in [5.41, 5.74) is 6.98. The van der Waals surface area contributed by atoms with E-state index < -0.39 is 0 Å². The molecule has 0 unspecified atom stereocenters. The summed E-state index contributed by atoms with van der Waals surface area (Å²) >= 11 is 5.34. The topological polar surface area (TPSA) is 343 Å². The molecule has 10 rings (SSSR count). The Morgan fingerprint density at radius 1 is 0.644 bits per heavy atom. The first-order valence-corrected chi connectivity index (χ1v) is 31.2. The number of carbonyl (C=O) groups is 5. The molecule has 0 atom stereocenters. The normalized spacial score (nSPS) is 12.7. The minimum Gasteiger partial charge on any atom is -0.512 e. The van der Waals surface area contributed by atoms with Crippen LogP contribution in [-0.4, -0.2) is 168 Å². The van der Waals surface area contributed by atoms with Gasteiger partial charge in [0.2, 0.25) is 16.1 Å². The van der Waals surface area contributed by atoms with Gasteiger partial charge in [0.1, 0.15) is 51.3 Å². The molecule has 3 aliphatic rings. The van der Waals surface area contributed by atoms with Gasteiger partial charge < -0.3 is 49.8 Å². The smallest absolute Gasteiger partial charge is 0.255 e. The molecule has 90 heavy (non-hydrogen) atoms. The zero-order valence-electron chi connectivity index (χ0n) is 50.3. The Morgan fingerprint density at radius 3 is 1.87 bits per heavy atom. The average Bonchev–Trinajstić information content (AvgIpc) is 2.02. The molecule has 5 aromatic carbocycles. The molecular weight excluding hydrogens is 1240 g/mol. The quantitative estimate of drug-likeness (QED) is 0.0276. The molecule has 5 heterocycles. The van der Waals surface area contributed by atoms with Crippen molar-refractivity contribution in [2.75, 3.05) is 81.8 Å². The van der Waals surface area contributed by atoms with E-state index >= 15 is 0 Å². The van der Waals surface area contributed by atoms with Crippen LogP contribution in [0.3, 0.4) is 0 Å². The van der Waals surface area contributed by atoms with E-state index in [-0.39, 0.29) is 52.2 Å². The van der Waals surface area contributed by atoms with E-state index in [0.29, 0.717) is 110 Å². The molecule has 7 aromatic rings. The summed E-state index contributed by atoms with van der Waals surface area (Å²) in [5, 5.41) is 67.0. The summed E-state index contributed by atoms with van der Waals surface area (Å²) in [4.78, 5) is 68.3. The monoisotopic (exact) mass is 1300 g/mol. The summed E-state index contributed by atoms with van der Waals surface area (Å²) in [6.45, 7) is 9.59. The fourth-order valence-corrected chi connectivity index (χ4v) is 10.7. The van der Waals surface area contributed by atoms with Crippen molar-refractivity contribution < 1.29 is 58.2 Å². The first kappa shape index (κ1) is 68.0. The van der Waals surface area contributed by atoms with Crippen LogP contribution < -0.4 is 34.5 Å². The Kier molecular flexibility index (Phi) is 25.1. The Balaban J connectivity index is 0.000000173. The molecule has 0 saturated heterocycles. The number of ether oxygens (including phenoxy) is 4. The molecule has 29 heteroatoms. The third-order valence-electron chi connectivity index (χ3n) is 12.4. The predicted octanol–water partition coefficient (Wildman–Crippen LogP) is 9.70. The summed E-state index contributed by atoms with van der Waals surface area (Å²) in [6.07, 6.45) is 1.08. The number of H-pyrrole nitrogens is 2. The zero-order chi connectivity index (χ0) is 64.9. The molecule has 0 saturated carbocycles. The number of hydrogen-bond donors (Lipinski definition) is 7. The summed E-state index contributed by atoms with van der Waals surface area (Å²) < 4.78 is 20.9. The maximum absolute atomic E-state index is 12.7. The fraction of sp³-hybridized carbons (Fsp3) is 0.262. The van der Waals surface area contributed by atoms with Crippen molar-refractivity contribution in [3.63, 3.8) is 0 Å². The number of hydrogen-bond acceptors (Lipinski definition) is 25. The molecule has 0 spiro atoms. The van der Waals surface area contributed by atoms with E-state index in [1.165, 1.54) is 81.2 Å². The molecule has 0 aliphatic carbocycles. The van der Waals surface area contributed by atoms with Gasteiger partial charge in [-0.3, -0.25) is 34.2 Å². The highest BCUT2D eigenvalue weighted by atomic mass is 32.2. The van der Waals surface area contributed by atoms with Gasteiger partial charge in [0.05, 0.1) is 73.8 Å². The molecule has 2 amide bonds. The van der Waals surface area contributed by atoms with Crippen LogP contribution in [0, 0.1) is 0 Å². The van der Waals surface area contributed by atoms with Crippen molar-refractivity contribution in [2.45, 2.75) is 43.9 Å². The van der Waals surface area contributed by atoms with Crippen LogP contribution >= 0.6 is 47.0 Å². The summed E-state index contributed by atoms with van der Waals surface area (Å²) in [6, 6.07) is 28.1. The van der Waals surface area contributed by atoms with Gasteiger partial charge in [0.15, 0.2) is 23.1 Å². The number of aliphatic hydroxyl groups excluding tert-OH is 1. The number of rotatable bonds is 20. The fourth-order valence-electron chi connectivity index (χ4n) is 8.09. The van der Waals surface area contributed by atoms with Crippen LogP contribution in [0.5, 0.6) is 34.5 Å². The number of ketones is 3. The van der Waals surface area contributed by atoms with Gasteiger partial charge in [-0.15, -0.1) is 43.9 Å². The van der Waals surface area contributed by atoms with Gasteiger partial charge in [-0.05, 0) is 99.1 Å². The number of methoxy groups -OCH3 is 3. The maximum atomic E-state index is 12.7. The van der Waals surface area contributed by atoms with Gasteiger partial charge in [-0.25, -0.2) is 9.97 Å². The number of aliphatic hydroxyl groups is 1. The Morgan fingerprint density at radius 2 is 1.26 bits per heavy atom. The first-order valence-electron chi connectivity index (χ1n) is 27.3. The summed E-state index contributed by atoms with van der Waals surface area (Å²) in [7, 11) is 8.07. The van der Waals surface area contributed by atoms with Gasteiger partial charge in [0, 0.05) is 66.5 Å². The molecule has 7 N–H and O–H groups in total. The van der Waals surface area contributed by atoms with Crippen LogP contribution in [0.2, 0.25) is 0 Å². The number of likely N-dealkylation sites (N-methyl/N-ethyl adjacent to an activating group) is 1. The number of phenols is 2. The Bertz CT molecular complexity index is 3900. The molecule has 25 nitrogen and oxygen atoms in total. The molecule has 2 aromatic heterocycles. The SMILES string of the molecule is C=C(O)CSC1=NN=C(c2ccc(OC)cc2O)C1.CC(=O)CSc1n[nH]c(-c2ccc3c(c2)OCCN3C)n1.CNC(=O)c1cccc(NC(=O)c2cccc(C3=NN=C(SCC(C)=O)C3)c2)c1.COc1cc(-c2nc(SCC(C)=O)n[nH]2)cc(O)c1OC. The molecule has 0 bridgehead atoms. The maximum Gasteiger partial charge on any atom is 0.255 e. The average molecular weight is 1300 g/mol. The zero-order valence-corrected chi connectivity index (χ0v) is 53.5. The number of amides is 2. The van der Waals surface area contributed by atoms with Crippen molar-refractivity contribution >= 4 is 109 Å². The summed E-state index contributed by atoms with van der Waals surface area (Å²) in [5.74, 6) is 4.62. The minimum absolute atomic E-state index is 0.0510. The number of nitrogens with zero attached hydrogens (tertiary/aromatic N) is 9. The van der Waals surface area contributed by atoms with Crippen LogP contribution in [-0.2, 0) is 14.4 Å². The molecule has 0 fully saturated rings. The van der Waals surface area contributed by atoms with Crippen molar-refractivity contribution in [3.8, 4) is 57.3 Å². The lowest BCUT2D eigenvalue weighted by Gasteiger charge is -2.27. The van der Waals surface area contributed by atoms with Gasteiger partial charge in [0.25, 0.3) is 11.8 Å². The number of anilines is 2. The van der Waals surface area contributed by atoms with Crippen LogP contribution in [0.4, 0.5) is 11.4 Å². The van der Waals surface area contributed by atoms with Crippen LogP contribution in [0.1, 0.15) is 65.5 Å². The number of nitrogens with one attached hydrogen (secondary N) is 4. The van der Waals surface area contributed by atoms with E-state index in [9.17, 15) is 34.2 Å². The Labute approximate surface area is 535 Å². The van der Waals surface area contributed by atoms with Gasteiger partial charge in [-0.1, -0.05) is 48.3 Å². The van der Waals surface area contributed by atoms with Crippen molar-refractivity contribution in [2.24, 2.45) is 20.4 Å². The lowest BCUT2D eigenvalue weighted by molar-refractivity contribution is -0.115. The van der Waals surface area contributed by atoms with Crippen LogP contribution in [0.15, 0.2) is 140 Å². The Hall–Kier alpha value is -9.45. The number of carbonyl (C=O) groups excluding carboxylic acids is 5. The minimum atomic E-state index is -0.286. The second-order valence-corrected chi connectivity index (χ2v) is 23.4. The lowest BCUT2D eigenvalue weighted by Crippen LogP contribution is -2.28. The van der Waals surface area contributed by atoms with E-state index in [2.05, 4.69) is 72.9 Å². The number of aromatic hydroxyl groups is 2. The van der Waals surface area contributed by atoms with E-state index in [0.717, 1.165) is 44.9 Å². The number of Topliss-reactive ketones (excluding diaryl/α,β-unsaturated/α-hetero) is 3. The lowest BCUT2D eigenvalue weighted by atomic mass is 10.0. The number of thioether (sulfide) groups is 4. The molecule has 470 valence electrons. The second kappa shape index (κ2) is 33.2.